The summed E-state index contributed by atoms with van der Waals surface area (Å²) in [5.41, 5.74) is 3.31. The van der Waals surface area contributed by atoms with Gasteiger partial charge in [0.15, 0.2) is 5.78 Å². The minimum absolute atomic E-state index is 0.0395. The molecule has 0 radical (unpaired) electrons. The predicted octanol–water partition coefficient (Wildman–Crippen LogP) is 2.34. The Morgan fingerprint density at radius 3 is 3.00 bits per heavy atom. The third-order valence-electron chi connectivity index (χ3n) is 3.44. The van der Waals surface area contributed by atoms with Crippen molar-refractivity contribution in [3.05, 3.63) is 52.9 Å². The van der Waals surface area contributed by atoms with Gasteiger partial charge in [0, 0.05) is 18.3 Å². The largest absolute Gasteiger partial charge is 0.508 e. The minimum Gasteiger partial charge on any atom is -0.508 e. The maximum atomic E-state index is 12.3. The number of aromatic hydroxyl groups is 1. The molecule has 0 amide bonds. The van der Waals surface area contributed by atoms with Gasteiger partial charge in [0.2, 0.25) is 0 Å². The van der Waals surface area contributed by atoms with Gasteiger partial charge in [-0.05, 0) is 36.6 Å². The third-order valence-corrected chi connectivity index (χ3v) is 3.44. The van der Waals surface area contributed by atoms with Gasteiger partial charge in [-0.25, -0.2) is 0 Å². The zero-order valence-corrected chi connectivity index (χ0v) is 10.6. The van der Waals surface area contributed by atoms with Crippen LogP contribution in [0.3, 0.4) is 0 Å². The van der Waals surface area contributed by atoms with Gasteiger partial charge in [0.1, 0.15) is 5.75 Å². The van der Waals surface area contributed by atoms with Crippen molar-refractivity contribution in [2.75, 3.05) is 0 Å². The number of aromatic nitrogens is 2. The minimum atomic E-state index is 0.0395. The number of hydrogen-bond donors (Lipinski definition) is 1. The van der Waals surface area contributed by atoms with Crippen LogP contribution in [0.4, 0.5) is 0 Å². The van der Waals surface area contributed by atoms with Crippen LogP contribution in [-0.4, -0.2) is 20.7 Å². The molecule has 4 heteroatoms. The lowest BCUT2D eigenvalue weighted by Crippen LogP contribution is -2.14. The Kier molecular flexibility index (Phi) is 2.71. The SMILES string of the molecule is Cn1ncc2c1CC/C(=C/c1cccc(O)c1)C2=O. The number of phenols is 1. The van der Waals surface area contributed by atoms with E-state index in [0.717, 1.165) is 23.3 Å². The van der Waals surface area contributed by atoms with Crippen molar-refractivity contribution in [2.45, 2.75) is 12.8 Å². The fourth-order valence-electron chi connectivity index (χ4n) is 2.44. The number of carbonyl (C=O) groups excluding carboxylic acids is 1. The van der Waals surface area contributed by atoms with Crippen molar-refractivity contribution in [2.24, 2.45) is 7.05 Å². The van der Waals surface area contributed by atoms with Crippen LogP contribution in [0.5, 0.6) is 5.75 Å². The standard InChI is InChI=1S/C15H14N2O2/c1-17-14-6-5-11(15(19)13(14)9-16-17)7-10-3-2-4-12(18)8-10/h2-4,7-9,18H,5-6H2,1H3/b11-7-. The second kappa shape index (κ2) is 4.39. The first kappa shape index (κ1) is 11.7. The van der Waals surface area contributed by atoms with Gasteiger partial charge in [-0.1, -0.05) is 12.1 Å². The van der Waals surface area contributed by atoms with E-state index in [0.29, 0.717) is 12.0 Å². The van der Waals surface area contributed by atoms with Gasteiger partial charge >= 0.3 is 0 Å². The fraction of sp³-hybridized carbons (Fsp3) is 0.200. The van der Waals surface area contributed by atoms with Crippen molar-refractivity contribution >= 4 is 11.9 Å². The molecule has 1 aliphatic rings. The van der Waals surface area contributed by atoms with Crippen molar-refractivity contribution in [1.29, 1.82) is 0 Å². The average molecular weight is 254 g/mol. The Morgan fingerprint density at radius 2 is 2.21 bits per heavy atom. The zero-order chi connectivity index (χ0) is 13.4. The molecule has 1 N–H and O–H groups in total. The number of ketones is 1. The molecule has 96 valence electrons. The highest BCUT2D eigenvalue weighted by Gasteiger charge is 2.24. The molecule has 0 saturated heterocycles. The number of phenolic OH excluding ortho intramolecular Hbond substituents is 1. The van der Waals surface area contributed by atoms with E-state index in [9.17, 15) is 9.90 Å². The van der Waals surface area contributed by atoms with E-state index in [1.54, 1.807) is 29.1 Å². The Morgan fingerprint density at radius 1 is 1.37 bits per heavy atom. The summed E-state index contributed by atoms with van der Waals surface area (Å²) in [5.74, 6) is 0.248. The highest BCUT2D eigenvalue weighted by atomic mass is 16.3. The topological polar surface area (TPSA) is 55.1 Å². The van der Waals surface area contributed by atoms with E-state index in [4.69, 9.17) is 0 Å². The molecular formula is C15H14N2O2. The Hall–Kier alpha value is -2.36. The van der Waals surface area contributed by atoms with Crippen molar-refractivity contribution < 1.29 is 9.90 Å². The molecule has 0 unspecified atom stereocenters. The summed E-state index contributed by atoms with van der Waals surface area (Å²) in [6.45, 7) is 0. The number of allylic oxidation sites excluding steroid dienone is 1. The molecule has 1 aliphatic carbocycles. The molecule has 0 atom stereocenters. The molecular weight excluding hydrogens is 240 g/mol. The summed E-state index contributed by atoms with van der Waals surface area (Å²) in [5, 5.41) is 13.6. The lowest BCUT2D eigenvalue weighted by molar-refractivity contribution is 0.102. The fourth-order valence-corrected chi connectivity index (χ4v) is 2.44. The van der Waals surface area contributed by atoms with E-state index in [-0.39, 0.29) is 11.5 Å². The summed E-state index contributed by atoms with van der Waals surface area (Å²) in [4.78, 5) is 12.3. The molecule has 0 spiro atoms. The van der Waals surface area contributed by atoms with Crippen molar-refractivity contribution in [3.63, 3.8) is 0 Å². The van der Waals surface area contributed by atoms with Crippen molar-refractivity contribution in [3.8, 4) is 5.75 Å². The van der Waals surface area contributed by atoms with Crippen LogP contribution < -0.4 is 0 Å². The van der Waals surface area contributed by atoms with E-state index in [2.05, 4.69) is 5.10 Å². The maximum Gasteiger partial charge on any atom is 0.192 e. The molecule has 3 rings (SSSR count). The average Bonchev–Trinajstić information content (AvgIpc) is 2.76. The third kappa shape index (κ3) is 2.05. The number of nitrogens with zero attached hydrogens (tertiary/aromatic N) is 2. The molecule has 19 heavy (non-hydrogen) atoms. The smallest absolute Gasteiger partial charge is 0.192 e. The van der Waals surface area contributed by atoms with Crippen LogP contribution in [0.25, 0.3) is 6.08 Å². The molecule has 2 aromatic rings. The van der Waals surface area contributed by atoms with Crippen LogP contribution in [0, 0.1) is 0 Å². The van der Waals surface area contributed by atoms with Gasteiger partial charge in [0.25, 0.3) is 0 Å². The van der Waals surface area contributed by atoms with Gasteiger partial charge in [-0.3, -0.25) is 9.48 Å². The second-order valence-electron chi connectivity index (χ2n) is 4.72. The van der Waals surface area contributed by atoms with Gasteiger partial charge < -0.3 is 5.11 Å². The highest BCUT2D eigenvalue weighted by molar-refractivity contribution is 6.12. The summed E-state index contributed by atoms with van der Waals surface area (Å²) >= 11 is 0. The van der Waals surface area contributed by atoms with Gasteiger partial charge in [-0.2, -0.15) is 5.10 Å². The summed E-state index contributed by atoms with van der Waals surface area (Å²) in [7, 11) is 1.86. The van der Waals surface area contributed by atoms with Crippen LogP contribution in [0.1, 0.15) is 28.0 Å². The molecule has 0 saturated carbocycles. The zero-order valence-electron chi connectivity index (χ0n) is 10.6. The number of benzene rings is 1. The van der Waals surface area contributed by atoms with Gasteiger partial charge in [0.05, 0.1) is 11.8 Å². The number of rotatable bonds is 1. The Bertz CT molecular complexity index is 683. The lowest BCUT2D eigenvalue weighted by atomic mass is 9.90. The van der Waals surface area contributed by atoms with Crippen LogP contribution in [0.15, 0.2) is 36.0 Å². The number of fused-ring (bicyclic) bond motifs is 1. The molecule has 1 aromatic heterocycles. The van der Waals surface area contributed by atoms with Crippen LogP contribution in [-0.2, 0) is 13.5 Å². The van der Waals surface area contributed by atoms with E-state index in [1.807, 2.05) is 19.2 Å². The molecule has 0 aliphatic heterocycles. The molecule has 1 aromatic carbocycles. The van der Waals surface area contributed by atoms with Crippen LogP contribution >= 0.6 is 0 Å². The second-order valence-corrected chi connectivity index (χ2v) is 4.72. The normalized spacial score (nSPS) is 16.7. The Labute approximate surface area is 111 Å². The first-order chi connectivity index (χ1) is 9.15. The molecule has 0 bridgehead atoms. The predicted molar refractivity (Wildman–Crippen MR) is 71.9 cm³/mol. The summed E-state index contributed by atoms with van der Waals surface area (Å²) < 4.78 is 1.76. The molecule has 4 nitrogen and oxygen atoms in total. The van der Waals surface area contributed by atoms with Gasteiger partial charge in [-0.15, -0.1) is 0 Å². The number of hydrogen-bond acceptors (Lipinski definition) is 3. The molecule has 0 fully saturated rings. The quantitative estimate of drug-likeness (QED) is 0.795. The Balaban J connectivity index is 1.98. The first-order valence-electron chi connectivity index (χ1n) is 6.20. The maximum absolute atomic E-state index is 12.3. The van der Waals surface area contributed by atoms with E-state index < -0.39 is 0 Å². The number of carbonyl (C=O) groups is 1. The monoisotopic (exact) mass is 254 g/mol. The van der Waals surface area contributed by atoms with Crippen LogP contribution in [0.2, 0.25) is 0 Å². The number of Topliss-reactive ketones (excluding diaryl/α,β-unsaturated/α-hetero) is 1. The highest BCUT2D eigenvalue weighted by Crippen LogP contribution is 2.26. The van der Waals surface area contributed by atoms with E-state index in [1.165, 1.54) is 0 Å². The van der Waals surface area contributed by atoms with E-state index >= 15 is 0 Å². The summed E-state index contributed by atoms with van der Waals surface area (Å²) in [6, 6.07) is 6.91. The molecule has 1 heterocycles. The number of aryl methyl sites for hydroxylation is 1. The summed E-state index contributed by atoms with van der Waals surface area (Å²) in [6.07, 6.45) is 5.01. The van der Waals surface area contributed by atoms with Crippen molar-refractivity contribution in [1.82, 2.24) is 9.78 Å². The lowest BCUT2D eigenvalue weighted by Gasteiger charge is -2.14. The first-order valence-corrected chi connectivity index (χ1v) is 6.20.